The van der Waals surface area contributed by atoms with Crippen molar-refractivity contribution in [2.24, 2.45) is 0 Å². The minimum atomic E-state index is -0.801. The second kappa shape index (κ2) is 5.53. The molecule has 0 fully saturated rings. The first-order valence-corrected chi connectivity index (χ1v) is 7.00. The van der Waals surface area contributed by atoms with E-state index in [4.69, 9.17) is 5.11 Å². The fourth-order valence-corrected chi connectivity index (χ4v) is 3.10. The van der Waals surface area contributed by atoms with Crippen molar-refractivity contribution < 1.29 is 9.90 Å². The molecule has 0 saturated carbocycles. The third kappa shape index (κ3) is 3.41. The highest BCUT2D eigenvalue weighted by Gasteiger charge is 2.12. The van der Waals surface area contributed by atoms with Crippen LogP contribution < -0.4 is 0 Å². The van der Waals surface area contributed by atoms with E-state index in [1.165, 1.54) is 28.0 Å². The molecule has 0 radical (unpaired) electrons. The number of hydrogen-bond acceptors (Lipinski definition) is 3. The van der Waals surface area contributed by atoms with E-state index >= 15 is 0 Å². The van der Waals surface area contributed by atoms with Crippen molar-refractivity contribution >= 4 is 17.3 Å². The number of benzene rings is 1. The number of carboxylic acids is 1. The van der Waals surface area contributed by atoms with E-state index in [0.29, 0.717) is 0 Å². The predicted octanol–water partition coefficient (Wildman–Crippen LogP) is 3.29. The SMILES string of the molecule is Cc1ccc(C)c(Cc2nc(C)c(CC(=O)O)s2)c1. The molecule has 0 amide bonds. The zero-order valence-corrected chi connectivity index (χ0v) is 12.2. The Morgan fingerprint density at radius 2 is 2.05 bits per heavy atom. The Labute approximate surface area is 116 Å². The van der Waals surface area contributed by atoms with Crippen LogP contribution >= 0.6 is 11.3 Å². The second-order valence-electron chi connectivity index (χ2n) is 4.79. The van der Waals surface area contributed by atoms with Crippen LogP contribution in [0, 0.1) is 20.8 Å². The van der Waals surface area contributed by atoms with Gasteiger partial charge in [0.1, 0.15) is 0 Å². The molecule has 0 spiro atoms. The number of carboxylic acid groups (broad SMARTS) is 1. The lowest BCUT2D eigenvalue weighted by molar-refractivity contribution is -0.136. The highest BCUT2D eigenvalue weighted by atomic mass is 32.1. The average Bonchev–Trinajstić information content (AvgIpc) is 2.64. The molecule has 0 aliphatic heterocycles. The van der Waals surface area contributed by atoms with Gasteiger partial charge in [-0.3, -0.25) is 4.79 Å². The van der Waals surface area contributed by atoms with Crippen LogP contribution in [0.25, 0.3) is 0 Å². The molecule has 2 aromatic rings. The van der Waals surface area contributed by atoms with Crippen LogP contribution in [-0.2, 0) is 17.6 Å². The Morgan fingerprint density at radius 1 is 1.32 bits per heavy atom. The summed E-state index contributed by atoms with van der Waals surface area (Å²) >= 11 is 1.51. The van der Waals surface area contributed by atoms with Crippen molar-refractivity contribution in [1.82, 2.24) is 4.98 Å². The highest BCUT2D eigenvalue weighted by Crippen LogP contribution is 2.23. The third-order valence-electron chi connectivity index (χ3n) is 3.10. The predicted molar refractivity (Wildman–Crippen MR) is 76.9 cm³/mol. The van der Waals surface area contributed by atoms with Gasteiger partial charge in [-0.25, -0.2) is 4.98 Å². The third-order valence-corrected chi connectivity index (χ3v) is 4.25. The van der Waals surface area contributed by atoms with Crippen molar-refractivity contribution in [1.29, 1.82) is 0 Å². The summed E-state index contributed by atoms with van der Waals surface area (Å²) in [6, 6.07) is 6.38. The van der Waals surface area contributed by atoms with E-state index in [2.05, 4.69) is 37.0 Å². The van der Waals surface area contributed by atoms with E-state index in [0.717, 1.165) is 22.0 Å². The van der Waals surface area contributed by atoms with Gasteiger partial charge in [0.15, 0.2) is 0 Å². The summed E-state index contributed by atoms with van der Waals surface area (Å²) in [6.45, 7) is 6.04. The van der Waals surface area contributed by atoms with E-state index in [9.17, 15) is 4.79 Å². The molecule has 0 unspecified atom stereocenters. The second-order valence-corrected chi connectivity index (χ2v) is 5.96. The highest BCUT2D eigenvalue weighted by molar-refractivity contribution is 7.11. The number of rotatable bonds is 4. The molecular formula is C15H17NO2S. The average molecular weight is 275 g/mol. The molecule has 100 valence electrons. The van der Waals surface area contributed by atoms with E-state index in [1.54, 1.807) is 0 Å². The van der Waals surface area contributed by atoms with Gasteiger partial charge in [-0.2, -0.15) is 0 Å². The van der Waals surface area contributed by atoms with Crippen molar-refractivity contribution in [2.75, 3.05) is 0 Å². The fourth-order valence-electron chi connectivity index (χ4n) is 2.02. The zero-order chi connectivity index (χ0) is 14.0. The molecule has 1 aromatic heterocycles. The number of carbonyl (C=O) groups is 1. The van der Waals surface area contributed by atoms with Gasteiger partial charge in [0.05, 0.1) is 17.1 Å². The lowest BCUT2D eigenvalue weighted by Crippen LogP contribution is -1.99. The van der Waals surface area contributed by atoms with E-state index in [1.807, 2.05) is 6.92 Å². The van der Waals surface area contributed by atoms with Crippen molar-refractivity contribution in [3.63, 3.8) is 0 Å². The van der Waals surface area contributed by atoms with Crippen molar-refractivity contribution in [3.8, 4) is 0 Å². The molecule has 0 saturated heterocycles. The van der Waals surface area contributed by atoms with Crippen LogP contribution in [0.3, 0.4) is 0 Å². The zero-order valence-electron chi connectivity index (χ0n) is 11.4. The van der Waals surface area contributed by atoms with Crippen molar-refractivity contribution in [2.45, 2.75) is 33.6 Å². The fraction of sp³-hybridized carbons (Fsp3) is 0.333. The van der Waals surface area contributed by atoms with Gasteiger partial charge in [-0.05, 0) is 31.9 Å². The van der Waals surface area contributed by atoms with E-state index < -0.39 is 5.97 Å². The number of aromatic nitrogens is 1. The molecule has 3 nitrogen and oxygen atoms in total. The Balaban J connectivity index is 2.24. The smallest absolute Gasteiger partial charge is 0.308 e. The molecule has 1 N–H and O–H groups in total. The molecule has 0 bridgehead atoms. The van der Waals surface area contributed by atoms with Gasteiger partial charge in [0.2, 0.25) is 0 Å². The Morgan fingerprint density at radius 3 is 2.74 bits per heavy atom. The number of nitrogens with zero attached hydrogens (tertiary/aromatic N) is 1. The molecule has 4 heteroatoms. The standard InChI is InChI=1S/C15H17NO2S/c1-9-4-5-10(2)12(6-9)7-14-16-11(3)13(19-14)8-15(17)18/h4-6H,7-8H2,1-3H3,(H,17,18). The van der Waals surface area contributed by atoms with Crippen LogP contribution in [0.2, 0.25) is 0 Å². The Hall–Kier alpha value is -1.68. The van der Waals surface area contributed by atoms with Crippen LogP contribution in [0.15, 0.2) is 18.2 Å². The Kier molecular flexibility index (Phi) is 4.00. The number of hydrogen-bond donors (Lipinski definition) is 1. The summed E-state index contributed by atoms with van der Waals surface area (Å²) in [5, 5.41) is 9.84. The molecule has 1 heterocycles. The van der Waals surface area contributed by atoms with Gasteiger partial charge in [-0.15, -0.1) is 11.3 Å². The van der Waals surface area contributed by atoms with Gasteiger partial charge >= 0.3 is 5.97 Å². The van der Waals surface area contributed by atoms with E-state index in [-0.39, 0.29) is 6.42 Å². The number of aryl methyl sites for hydroxylation is 3. The summed E-state index contributed by atoms with van der Waals surface area (Å²) in [6.07, 6.45) is 0.842. The van der Waals surface area contributed by atoms with Gasteiger partial charge in [0, 0.05) is 11.3 Å². The van der Waals surface area contributed by atoms with Crippen LogP contribution in [0.1, 0.15) is 32.3 Å². The maximum Gasteiger partial charge on any atom is 0.308 e. The minimum Gasteiger partial charge on any atom is -0.481 e. The van der Waals surface area contributed by atoms with Crippen LogP contribution in [-0.4, -0.2) is 16.1 Å². The maximum absolute atomic E-state index is 10.8. The summed E-state index contributed by atoms with van der Waals surface area (Å²) in [5.41, 5.74) is 4.58. The van der Waals surface area contributed by atoms with Gasteiger partial charge in [-0.1, -0.05) is 23.8 Å². The largest absolute Gasteiger partial charge is 0.481 e. The normalized spacial score (nSPS) is 10.7. The molecule has 1 aromatic carbocycles. The summed E-state index contributed by atoms with van der Waals surface area (Å²) < 4.78 is 0. The lowest BCUT2D eigenvalue weighted by Gasteiger charge is -2.04. The summed E-state index contributed by atoms with van der Waals surface area (Å²) in [5.74, 6) is -0.801. The topological polar surface area (TPSA) is 50.2 Å². The minimum absolute atomic E-state index is 0.0658. The number of aliphatic carboxylic acids is 1. The number of thiazole rings is 1. The molecule has 0 atom stereocenters. The van der Waals surface area contributed by atoms with Crippen LogP contribution in [0.4, 0.5) is 0 Å². The van der Waals surface area contributed by atoms with Gasteiger partial charge < -0.3 is 5.11 Å². The molecular weight excluding hydrogens is 258 g/mol. The van der Waals surface area contributed by atoms with Crippen molar-refractivity contribution in [3.05, 3.63) is 50.5 Å². The first-order chi connectivity index (χ1) is 8.95. The Bertz CT molecular complexity index is 617. The maximum atomic E-state index is 10.8. The molecule has 0 aliphatic rings. The summed E-state index contributed by atoms with van der Waals surface area (Å²) in [4.78, 5) is 16.1. The summed E-state index contributed by atoms with van der Waals surface area (Å²) in [7, 11) is 0. The molecule has 0 aliphatic carbocycles. The first kappa shape index (κ1) is 13.7. The monoisotopic (exact) mass is 275 g/mol. The molecule has 2 rings (SSSR count). The molecule has 19 heavy (non-hydrogen) atoms. The first-order valence-electron chi connectivity index (χ1n) is 6.19. The lowest BCUT2D eigenvalue weighted by atomic mass is 10.0. The van der Waals surface area contributed by atoms with Crippen LogP contribution in [0.5, 0.6) is 0 Å². The quantitative estimate of drug-likeness (QED) is 0.931. The van der Waals surface area contributed by atoms with Gasteiger partial charge in [0.25, 0.3) is 0 Å².